The Balaban J connectivity index is 1.44. The van der Waals surface area contributed by atoms with Gasteiger partial charge >= 0.3 is 6.03 Å². The third-order valence-electron chi connectivity index (χ3n) is 5.93. The normalized spacial score (nSPS) is 17.2. The van der Waals surface area contributed by atoms with E-state index in [-0.39, 0.29) is 30.4 Å². The number of aromatic nitrogens is 4. The molecule has 182 valence electrons. The molecule has 0 aliphatic carbocycles. The number of aryl methyl sites for hydroxylation is 1. The van der Waals surface area contributed by atoms with Gasteiger partial charge in [-0.25, -0.2) is 19.7 Å². The largest absolute Gasteiger partial charge is 0.475 e. The quantitative estimate of drug-likeness (QED) is 0.468. The number of pyridine rings is 2. The number of halogens is 1. The summed E-state index contributed by atoms with van der Waals surface area (Å²) >= 11 is 6.63. The van der Waals surface area contributed by atoms with E-state index in [1.807, 2.05) is 25.1 Å². The van der Waals surface area contributed by atoms with Crippen LogP contribution in [-0.2, 0) is 0 Å². The summed E-state index contributed by atoms with van der Waals surface area (Å²) in [5.74, 6) is 0.926. The van der Waals surface area contributed by atoms with Gasteiger partial charge in [0.25, 0.3) is 0 Å². The lowest BCUT2D eigenvalue weighted by molar-refractivity contribution is 0.0521. The molecule has 0 unspecified atom stereocenters. The van der Waals surface area contributed by atoms with Gasteiger partial charge in [-0.3, -0.25) is 15.2 Å². The molecule has 0 spiro atoms. The maximum absolute atomic E-state index is 13.5. The Bertz CT molecular complexity index is 1260. The molecular weight excluding hydrogens is 474 g/mol. The molecule has 3 aromatic rings. The number of nitrogens with zero attached hydrogens (tertiary/aromatic N) is 6. The van der Waals surface area contributed by atoms with E-state index in [2.05, 4.69) is 25.2 Å². The zero-order chi connectivity index (χ0) is 24.5. The minimum atomic E-state index is -1.03. The van der Waals surface area contributed by atoms with Gasteiger partial charge in [0.2, 0.25) is 5.88 Å². The fraction of sp³-hybridized carbons (Fsp3) is 0.348. The summed E-state index contributed by atoms with van der Waals surface area (Å²) < 4.78 is 5.35. The van der Waals surface area contributed by atoms with Crippen LogP contribution in [0.15, 0.2) is 36.8 Å². The van der Waals surface area contributed by atoms with Gasteiger partial charge in [-0.15, -0.1) is 0 Å². The maximum atomic E-state index is 13.5. The van der Waals surface area contributed by atoms with E-state index < -0.39 is 12.7 Å². The number of nitrogens with one attached hydrogen (secondary N) is 1. The van der Waals surface area contributed by atoms with Crippen molar-refractivity contribution in [2.75, 3.05) is 41.4 Å². The van der Waals surface area contributed by atoms with Crippen molar-refractivity contribution >= 4 is 35.0 Å². The summed E-state index contributed by atoms with van der Waals surface area (Å²) in [6.45, 7) is 2.81. The molecule has 0 aromatic carbocycles. The molecule has 2 atom stereocenters. The lowest BCUT2D eigenvalue weighted by atomic mass is 10.1. The number of amides is 2. The molecule has 12 heteroatoms. The van der Waals surface area contributed by atoms with Gasteiger partial charge in [-0.1, -0.05) is 11.6 Å². The molecule has 0 saturated carbocycles. The Hall–Kier alpha value is -3.54. The summed E-state index contributed by atoms with van der Waals surface area (Å²) in [6.07, 6.45) is 2.71. The van der Waals surface area contributed by atoms with Crippen molar-refractivity contribution in [2.24, 2.45) is 0 Å². The van der Waals surface area contributed by atoms with Crippen LogP contribution in [0.1, 0.15) is 12.1 Å². The highest BCUT2D eigenvalue weighted by molar-refractivity contribution is 6.33. The number of rotatable bonds is 6. The van der Waals surface area contributed by atoms with Crippen LogP contribution >= 0.6 is 11.6 Å². The number of fused-ring (bicyclic) bond motifs is 4. The van der Waals surface area contributed by atoms with E-state index in [0.29, 0.717) is 23.1 Å². The van der Waals surface area contributed by atoms with Crippen molar-refractivity contribution in [3.05, 3.63) is 47.5 Å². The number of aliphatic hydroxyl groups is 2. The second-order valence-corrected chi connectivity index (χ2v) is 8.83. The number of urea groups is 1. The predicted octanol–water partition coefficient (Wildman–Crippen LogP) is 2.26. The fourth-order valence-corrected chi connectivity index (χ4v) is 4.53. The SMILES string of the molecule is Cc1cc(-c2nc3c(cc2Cl)N2CC[C@@H](C2)N3C(=O)Nc2cc(OC[C@@H](O)CO)ncn2)ccn1. The molecule has 5 heterocycles. The molecular formula is C23H24ClN7O4. The first-order chi connectivity index (χ1) is 16.9. The molecule has 35 heavy (non-hydrogen) atoms. The fourth-order valence-electron chi connectivity index (χ4n) is 4.27. The standard InChI is InChI=1S/C23H24ClN7O4/c1-13-6-14(2-4-25-13)21-17(24)7-18-22(29-21)31(15-3-5-30(18)9-15)23(34)28-19-8-20(27-12-26-19)35-11-16(33)10-32/h2,4,6-8,12,15-16,32-33H,3,5,9-11H2,1H3,(H,26,27,28,34)/t15-,16-/m0/s1. The van der Waals surface area contributed by atoms with Gasteiger partial charge in [-0.05, 0) is 31.5 Å². The minimum Gasteiger partial charge on any atom is -0.475 e. The first-order valence-electron chi connectivity index (χ1n) is 11.2. The number of aliphatic hydroxyl groups excluding tert-OH is 2. The smallest absolute Gasteiger partial charge is 0.329 e. The van der Waals surface area contributed by atoms with Crippen molar-refractivity contribution in [3.8, 4) is 17.1 Å². The average Bonchev–Trinajstić information content (AvgIpc) is 3.27. The van der Waals surface area contributed by atoms with Crippen LogP contribution in [0.25, 0.3) is 11.3 Å². The number of anilines is 3. The summed E-state index contributed by atoms with van der Waals surface area (Å²) in [6, 6.07) is 6.61. The number of ether oxygens (including phenoxy) is 1. The summed E-state index contributed by atoms with van der Waals surface area (Å²) in [5.41, 5.74) is 3.04. The van der Waals surface area contributed by atoms with E-state index in [1.165, 1.54) is 12.4 Å². The van der Waals surface area contributed by atoms with Crippen molar-refractivity contribution in [1.29, 1.82) is 0 Å². The number of hydrogen-bond acceptors (Lipinski definition) is 9. The molecule has 2 amide bonds. The van der Waals surface area contributed by atoms with E-state index in [9.17, 15) is 9.90 Å². The third kappa shape index (κ3) is 4.70. The topological polar surface area (TPSA) is 137 Å². The van der Waals surface area contributed by atoms with Crippen molar-refractivity contribution in [2.45, 2.75) is 25.5 Å². The Kier molecular flexibility index (Phi) is 6.37. The van der Waals surface area contributed by atoms with Crippen LogP contribution in [-0.4, -0.2) is 74.6 Å². The molecule has 2 bridgehead atoms. The van der Waals surface area contributed by atoms with Gasteiger partial charge < -0.3 is 19.8 Å². The minimum absolute atomic E-state index is 0.0551. The van der Waals surface area contributed by atoms with E-state index in [1.54, 1.807) is 11.1 Å². The zero-order valence-corrected chi connectivity index (χ0v) is 19.7. The van der Waals surface area contributed by atoms with Gasteiger partial charge in [0.15, 0.2) is 5.82 Å². The lowest BCUT2D eigenvalue weighted by Crippen LogP contribution is -2.48. The molecule has 2 aliphatic heterocycles. The predicted molar refractivity (Wildman–Crippen MR) is 130 cm³/mol. The Labute approximate surface area is 206 Å². The average molecular weight is 498 g/mol. The van der Waals surface area contributed by atoms with E-state index in [4.69, 9.17) is 26.4 Å². The van der Waals surface area contributed by atoms with Gasteiger partial charge in [0.1, 0.15) is 24.9 Å². The van der Waals surface area contributed by atoms with Crippen molar-refractivity contribution < 1.29 is 19.7 Å². The Morgan fingerprint density at radius 1 is 1.31 bits per heavy atom. The Morgan fingerprint density at radius 3 is 2.97 bits per heavy atom. The first kappa shape index (κ1) is 23.2. The van der Waals surface area contributed by atoms with Crippen molar-refractivity contribution in [3.63, 3.8) is 0 Å². The molecule has 0 radical (unpaired) electrons. The van der Waals surface area contributed by atoms with Crippen LogP contribution in [0.2, 0.25) is 5.02 Å². The van der Waals surface area contributed by atoms with Gasteiger partial charge in [0.05, 0.1) is 29.1 Å². The van der Waals surface area contributed by atoms with E-state index in [0.717, 1.165) is 29.9 Å². The van der Waals surface area contributed by atoms with Crippen LogP contribution < -0.4 is 19.9 Å². The molecule has 5 rings (SSSR count). The number of hydrogen-bond donors (Lipinski definition) is 3. The Morgan fingerprint density at radius 2 is 2.17 bits per heavy atom. The van der Waals surface area contributed by atoms with Crippen LogP contribution in [0.4, 0.5) is 22.1 Å². The highest BCUT2D eigenvalue weighted by Gasteiger charge is 2.41. The van der Waals surface area contributed by atoms with E-state index >= 15 is 0 Å². The third-order valence-corrected chi connectivity index (χ3v) is 6.22. The maximum Gasteiger partial charge on any atom is 0.329 e. The highest BCUT2D eigenvalue weighted by atomic mass is 35.5. The lowest BCUT2D eigenvalue weighted by Gasteiger charge is -2.36. The van der Waals surface area contributed by atoms with Crippen LogP contribution in [0.3, 0.4) is 0 Å². The summed E-state index contributed by atoms with van der Waals surface area (Å²) in [4.78, 5) is 34.5. The van der Waals surface area contributed by atoms with Gasteiger partial charge in [-0.2, -0.15) is 0 Å². The monoisotopic (exact) mass is 497 g/mol. The molecule has 11 nitrogen and oxygen atoms in total. The molecule has 1 fully saturated rings. The molecule has 1 saturated heterocycles. The van der Waals surface area contributed by atoms with Crippen LogP contribution in [0.5, 0.6) is 5.88 Å². The summed E-state index contributed by atoms with van der Waals surface area (Å²) in [5, 5.41) is 21.7. The molecule has 2 aliphatic rings. The molecule has 3 N–H and O–H groups in total. The summed E-state index contributed by atoms with van der Waals surface area (Å²) in [7, 11) is 0. The number of carbonyl (C=O) groups is 1. The second kappa shape index (κ2) is 9.61. The van der Waals surface area contributed by atoms with Gasteiger partial charge in [0, 0.05) is 36.6 Å². The van der Waals surface area contributed by atoms with Crippen LogP contribution in [0, 0.1) is 6.92 Å². The van der Waals surface area contributed by atoms with Crippen molar-refractivity contribution in [1.82, 2.24) is 19.9 Å². The first-order valence-corrected chi connectivity index (χ1v) is 11.5. The zero-order valence-electron chi connectivity index (χ0n) is 18.9. The molecule has 3 aromatic heterocycles. The highest BCUT2D eigenvalue weighted by Crippen LogP contribution is 2.43. The second-order valence-electron chi connectivity index (χ2n) is 8.42. The number of carbonyl (C=O) groups excluding carboxylic acids is 1.